The summed E-state index contributed by atoms with van der Waals surface area (Å²) < 4.78 is 11.5. The Kier molecular flexibility index (Phi) is 29.6. The molecule has 0 atom stereocenters. The SMILES string of the molecule is CC(C)(C)OC(=O)NCC1CCC(CNc2nc(NCc3ccccc3Cl)ncc2Br)CC1.CC(C)(C)OC(=O)NCC1CCC(CNc2nc(NCc3ccccc3Cl)ncc2C#N)CC1.N#Cc1cnc(NCc2ccccc2Cl)nc1NCC1CCC(CN)CC1. The second-order valence-electron chi connectivity index (χ2n) is 26.2. The molecule has 504 valence electrons. The van der Waals surface area contributed by atoms with Crippen LogP contribution >= 0.6 is 50.7 Å². The molecule has 3 aromatic heterocycles. The van der Waals surface area contributed by atoms with Crippen molar-refractivity contribution in [2.45, 2.75) is 149 Å². The number of carbonyl (C=O) groups excluding carboxylic acids is 2. The van der Waals surface area contributed by atoms with Crippen molar-refractivity contribution >= 4 is 98.2 Å². The van der Waals surface area contributed by atoms with Crippen LogP contribution < -0.4 is 48.3 Å². The van der Waals surface area contributed by atoms with Crippen molar-refractivity contribution in [3.05, 3.63) is 139 Å². The fourth-order valence-corrected chi connectivity index (χ4v) is 12.1. The summed E-state index contributed by atoms with van der Waals surface area (Å²) in [7, 11) is 0. The third-order valence-corrected chi connectivity index (χ3v) is 18.2. The van der Waals surface area contributed by atoms with Gasteiger partial charge in [0, 0.05) is 73.6 Å². The molecule has 0 aliphatic heterocycles. The van der Waals surface area contributed by atoms with Crippen LogP contribution in [0.2, 0.25) is 15.1 Å². The number of anilines is 6. The molecule has 21 nitrogen and oxygen atoms in total. The number of aromatic nitrogens is 6. The number of ether oxygens (including phenoxy) is 2. The Morgan fingerprint density at radius 3 is 1.10 bits per heavy atom. The van der Waals surface area contributed by atoms with Gasteiger partial charge in [0.05, 0.1) is 16.9 Å². The van der Waals surface area contributed by atoms with E-state index in [0.717, 1.165) is 110 Å². The maximum absolute atomic E-state index is 11.9. The Morgan fingerprint density at radius 1 is 0.479 bits per heavy atom. The maximum Gasteiger partial charge on any atom is 0.407 e. The van der Waals surface area contributed by atoms with Crippen LogP contribution in [0.4, 0.5) is 44.9 Å². The number of amides is 2. The number of carbonyl (C=O) groups is 2. The summed E-state index contributed by atoms with van der Waals surface area (Å²) >= 11 is 22.2. The van der Waals surface area contributed by atoms with Gasteiger partial charge < -0.3 is 57.7 Å². The van der Waals surface area contributed by atoms with Gasteiger partial charge in [-0.15, -0.1) is 0 Å². The molecule has 25 heteroatoms. The van der Waals surface area contributed by atoms with E-state index in [1.807, 2.05) is 114 Å². The highest BCUT2D eigenvalue weighted by Gasteiger charge is 2.26. The molecular weight excluding hydrogens is 1320 g/mol. The van der Waals surface area contributed by atoms with E-state index in [1.54, 1.807) is 12.4 Å². The molecule has 3 aliphatic carbocycles. The average molecular weight is 1410 g/mol. The van der Waals surface area contributed by atoms with E-state index in [1.165, 1.54) is 31.9 Å². The first-order valence-corrected chi connectivity index (χ1v) is 34.4. The molecule has 0 bridgehead atoms. The van der Waals surface area contributed by atoms with Gasteiger partial charge in [0.2, 0.25) is 17.8 Å². The maximum atomic E-state index is 11.9. The van der Waals surface area contributed by atoms with E-state index in [0.29, 0.717) is 119 Å². The predicted molar refractivity (Wildman–Crippen MR) is 379 cm³/mol. The van der Waals surface area contributed by atoms with Crippen LogP contribution in [0.25, 0.3) is 0 Å². The summed E-state index contributed by atoms with van der Waals surface area (Å²) in [5.74, 6) is 6.63. The van der Waals surface area contributed by atoms with E-state index in [-0.39, 0.29) is 12.2 Å². The smallest absolute Gasteiger partial charge is 0.407 e. The van der Waals surface area contributed by atoms with Crippen molar-refractivity contribution in [1.29, 1.82) is 10.5 Å². The first-order chi connectivity index (χ1) is 45.1. The second-order valence-corrected chi connectivity index (χ2v) is 28.2. The van der Waals surface area contributed by atoms with E-state index >= 15 is 0 Å². The lowest BCUT2D eigenvalue weighted by Gasteiger charge is -2.29. The Morgan fingerprint density at radius 2 is 0.777 bits per heavy atom. The van der Waals surface area contributed by atoms with Crippen molar-refractivity contribution in [3.63, 3.8) is 0 Å². The van der Waals surface area contributed by atoms with Gasteiger partial charge in [0.25, 0.3) is 0 Å². The Labute approximate surface area is 577 Å². The molecular formula is C69H91BrCl3N17O4. The standard InChI is InChI=1S/C25H33ClN6O2.C24H33BrClN5O2.C20H25ClN6/c1-25(2,3)34-24(33)31-14-18-10-8-17(9-11-18)13-28-22-20(12-27)16-30-23(32-22)29-15-19-6-4-5-7-21(19)26;1-24(2,3)33-23(32)30-13-17-10-8-16(9-11-17)12-27-21-19(25)15-29-22(31-21)28-14-18-6-4-5-7-20(18)26;21-18-4-2-1-3-16(18)12-25-20-26-13-17(10-23)19(27-20)24-11-15-7-5-14(9-22)6-8-15/h4-7,16-18H,8-11,13-15H2,1-3H3,(H,31,33)(H2,28,29,30,32);4-7,15-17H,8-14H2,1-3H3,(H,30,32)(H2,27,28,29,31);1-4,13-15H,5-9,11-12,22H2,(H2,24,25,26,27). The Bertz CT molecular complexity index is 3450. The van der Waals surface area contributed by atoms with Gasteiger partial charge in [-0.2, -0.15) is 25.5 Å². The third kappa shape index (κ3) is 26.0. The predicted octanol–water partition coefficient (Wildman–Crippen LogP) is 15.4. The van der Waals surface area contributed by atoms with Gasteiger partial charge in [-0.1, -0.05) is 89.4 Å². The highest BCUT2D eigenvalue weighted by Crippen LogP contribution is 2.33. The Balaban J connectivity index is 0.000000201. The van der Waals surface area contributed by atoms with E-state index < -0.39 is 11.2 Å². The van der Waals surface area contributed by atoms with Gasteiger partial charge in [-0.25, -0.2) is 24.5 Å². The number of hydrogen-bond donors (Lipinski definition) is 9. The van der Waals surface area contributed by atoms with Gasteiger partial charge >= 0.3 is 12.2 Å². The summed E-state index contributed by atoms with van der Waals surface area (Å²) in [6.45, 7) is 17.3. The summed E-state index contributed by atoms with van der Waals surface area (Å²) in [6.07, 6.45) is 17.5. The van der Waals surface area contributed by atoms with Crippen LogP contribution in [-0.4, -0.2) is 92.6 Å². The topological polar surface area (TPSA) is 300 Å². The van der Waals surface area contributed by atoms with E-state index in [4.69, 9.17) is 50.0 Å². The number of halogens is 4. The molecule has 6 aromatic rings. The minimum Gasteiger partial charge on any atom is -0.444 e. The van der Waals surface area contributed by atoms with Crippen molar-refractivity contribution in [1.82, 2.24) is 40.5 Å². The minimum absolute atomic E-state index is 0.334. The van der Waals surface area contributed by atoms with Gasteiger partial charge in [0.15, 0.2) is 0 Å². The second kappa shape index (κ2) is 37.6. The summed E-state index contributed by atoms with van der Waals surface area (Å²) in [6, 6.07) is 27.3. The molecule has 0 spiro atoms. The first kappa shape index (κ1) is 73.9. The quantitative estimate of drug-likeness (QED) is 0.0288. The summed E-state index contributed by atoms with van der Waals surface area (Å²) in [4.78, 5) is 50.1. The number of rotatable bonds is 23. The zero-order valence-electron chi connectivity index (χ0n) is 54.8. The van der Waals surface area contributed by atoms with Crippen molar-refractivity contribution < 1.29 is 19.1 Å². The first-order valence-electron chi connectivity index (χ1n) is 32.5. The van der Waals surface area contributed by atoms with Crippen LogP contribution in [0.15, 0.2) is 95.9 Å². The van der Waals surface area contributed by atoms with Crippen LogP contribution in [0.1, 0.15) is 146 Å². The number of alkyl carbamates (subject to hydrolysis) is 2. The molecule has 0 unspecified atom stereocenters. The highest BCUT2D eigenvalue weighted by atomic mass is 79.9. The van der Waals surface area contributed by atoms with Crippen LogP contribution in [0.3, 0.4) is 0 Å². The lowest BCUT2D eigenvalue weighted by atomic mass is 9.82. The molecule has 3 fully saturated rings. The molecule has 0 saturated heterocycles. The molecule has 9 rings (SSSR count). The lowest BCUT2D eigenvalue weighted by molar-refractivity contribution is 0.0502. The molecule has 10 N–H and O–H groups in total. The number of nitrogens with zero attached hydrogens (tertiary/aromatic N) is 8. The molecule has 0 radical (unpaired) electrons. The van der Waals surface area contributed by atoms with E-state index in [2.05, 4.69) is 101 Å². The molecule has 94 heavy (non-hydrogen) atoms. The zero-order valence-corrected chi connectivity index (χ0v) is 58.6. The van der Waals surface area contributed by atoms with Gasteiger partial charge in [0.1, 0.15) is 51.9 Å². The monoisotopic (exact) mass is 1410 g/mol. The van der Waals surface area contributed by atoms with Crippen LogP contribution in [-0.2, 0) is 29.1 Å². The molecule has 3 heterocycles. The minimum atomic E-state index is -0.485. The van der Waals surface area contributed by atoms with Crippen molar-refractivity contribution in [3.8, 4) is 12.1 Å². The van der Waals surface area contributed by atoms with Crippen molar-refractivity contribution in [2.24, 2.45) is 41.2 Å². The van der Waals surface area contributed by atoms with E-state index in [9.17, 15) is 20.1 Å². The van der Waals surface area contributed by atoms with Crippen LogP contribution in [0, 0.1) is 58.2 Å². The normalized spacial score (nSPS) is 18.5. The van der Waals surface area contributed by atoms with Gasteiger partial charge in [-0.3, -0.25) is 0 Å². The fourth-order valence-electron chi connectivity index (χ4n) is 11.1. The zero-order chi connectivity index (χ0) is 67.5. The number of nitrogens with one attached hydrogen (secondary N) is 8. The molecule has 3 aromatic carbocycles. The summed E-state index contributed by atoms with van der Waals surface area (Å²) in [5, 5.41) is 46.4. The number of benzene rings is 3. The summed E-state index contributed by atoms with van der Waals surface area (Å²) in [5.41, 5.74) is 8.60. The largest absolute Gasteiger partial charge is 0.444 e. The number of nitriles is 2. The molecule has 3 aliphatic rings. The third-order valence-electron chi connectivity index (χ3n) is 16.5. The number of nitrogens with two attached hydrogens (primary N) is 1. The van der Waals surface area contributed by atoms with Crippen molar-refractivity contribution in [2.75, 3.05) is 71.2 Å². The molecule has 2 amide bonds. The number of hydrogen-bond acceptors (Lipinski definition) is 19. The average Bonchev–Trinajstić information content (AvgIpc) is 3.69. The molecule has 3 saturated carbocycles. The fraction of sp³-hybridized carbons (Fsp3) is 0.507. The van der Waals surface area contributed by atoms with Crippen LogP contribution in [0.5, 0.6) is 0 Å². The van der Waals surface area contributed by atoms with Gasteiger partial charge in [-0.05, 0) is 211 Å². The lowest BCUT2D eigenvalue weighted by Crippen LogP contribution is -2.36. The Hall–Kier alpha value is -7.47. The highest BCUT2D eigenvalue weighted by molar-refractivity contribution is 9.10.